The van der Waals surface area contributed by atoms with Gasteiger partial charge in [0.15, 0.2) is 9.84 Å². The molecule has 0 spiro atoms. The topological polar surface area (TPSA) is 75.3 Å². The first-order valence-corrected chi connectivity index (χ1v) is 8.98. The van der Waals surface area contributed by atoms with Crippen LogP contribution < -0.4 is 10.6 Å². The maximum absolute atomic E-state index is 12.3. The first-order valence-electron chi connectivity index (χ1n) is 7.27. The van der Waals surface area contributed by atoms with Gasteiger partial charge in [-0.25, -0.2) is 8.42 Å². The minimum atomic E-state index is -3.01. The molecule has 1 aromatic carbocycles. The van der Waals surface area contributed by atoms with E-state index in [0.717, 1.165) is 18.5 Å². The van der Waals surface area contributed by atoms with Crippen molar-refractivity contribution in [1.29, 1.82) is 0 Å². The number of benzene rings is 1. The fourth-order valence-electron chi connectivity index (χ4n) is 2.61. The van der Waals surface area contributed by atoms with Crippen LogP contribution in [0.5, 0.6) is 0 Å². The third kappa shape index (κ3) is 4.04. The van der Waals surface area contributed by atoms with Crippen molar-refractivity contribution in [2.45, 2.75) is 24.5 Å². The van der Waals surface area contributed by atoms with Gasteiger partial charge in [0.2, 0.25) is 0 Å². The molecule has 0 saturated carbocycles. The first kappa shape index (κ1) is 16.0. The summed E-state index contributed by atoms with van der Waals surface area (Å²) in [5.74, 6) is 0.0514. The van der Waals surface area contributed by atoms with E-state index >= 15 is 0 Å². The molecule has 6 heteroatoms. The highest BCUT2D eigenvalue weighted by molar-refractivity contribution is 7.92. The molecule has 1 heterocycles. The van der Waals surface area contributed by atoms with Crippen LogP contribution in [0.25, 0.3) is 0 Å². The molecule has 1 aromatic rings. The van der Waals surface area contributed by atoms with Crippen molar-refractivity contribution in [3.63, 3.8) is 0 Å². The second-order valence-corrected chi connectivity index (χ2v) is 7.75. The van der Waals surface area contributed by atoms with Crippen molar-refractivity contribution in [3.05, 3.63) is 35.4 Å². The van der Waals surface area contributed by atoms with Gasteiger partial charge >= 0.3 is 0 Å². The fraction of sp³-hybridized carbons (Fsp3) is 0.533. The maximum atomic E-state index is 12.3. The Morgan fingerprint density at radius 1 is 1.33 bits per heavy atom. The van der Waals surface area contributed by atoms with Crippen molar-refractivity contribution in [2.75, 3.05) is 25.9 Å². The van der Waals surface area contributed by atoms with Crippen molar-refractivity contribution in [3.8, 4) is 0 Å². The Labute approximate surface area is 126 Å². The normalized spacial score (nSPS) is 20.3. The summed E-state index contributed by atoms with van der Waals surface area (Å²) >= 11 is 0. The predicted octanol–water partition coefficient (Wildman–Crippen LogP) is 0.755. The molecule has 2 N–H and O–H groups in total. The summed E-state index contributed by atoms with van der Waals surface area (Å²) in [6.45, 7) is 1.00. The Balaban J connectivity index is 2.00. The zero-order valence-electron chi connectivity index (χ0n) is 12.3. The highest BCUT2D eigenvalue weighted by Crippen LogP contribution is 2.19. The Bertz CT molecular complexity index is 599. The van der Waals surface area contributed by atoms with Gasteiger partial charge in [0.05, 0.1) is 11.0 Å². The number of rotatable bonds is 6. The molecular formula is C15H22N2O3S. The summed E-state index contributed by atoms with van der Waals surface area (Å²) in [5.41, 5.74) is 1.60. The minimum Gasteiger partial charge on any atom is -0.351 e. The molecule has 0 aromatic heterocycles. The molecule has 116 valence electrons. The van der Waals surface area contributed by atoms with E-state index in [1.165, 1.54) is 0 Å². The molecule has 1 unspecified atom stereocenters. The molecule has 1 saturated heterocycles. The average molecular weight is 310 g/mol. The smallest absolute Gasteiger partial charge is 0.251 e. The summed E-state index contributed by atoms with van der Waals surface area (Å²) in [4.78, 5) is 12.3. The lowest BCUT2D eigenvalue weighted by molar-refractivity contribution is 0.0952. The van der Waals surface area contributed by atoms with Crippen LogP contribution in [0.15, 0.2) is 24.3 Å². The van der Waals surface area contributed by atoms with Crippen LogP contribution in [0.3, 0.4) is 0 Å². The van der Waals surface area contributed by atoms with Crippen molar-refractivity contribution >= 4 is 15.7 Å². The second kappa shape index (κ2) is 7.04. The number of hydrogen-bond acceptors (Lipinski definition) is 4. The van der Waals surface area contributed by atoms with E-state index in [1.54, 1.807) is 6.07 Å². The Hall–Kier alpha value is -1.40. The van der Waals surface area contributed by atoms with Crippen LogP contribution in [-0.2, 0) is 16.3 Å². The summed E-state index contributed by atoms with van der Waals surface area (Å²) in [6, 6.07) is 7.44. The third-order valence-electron chi connectivity index (χ3n) is 3.86. The number of carbonyl (C=O) groups excluding carboxylic acids is 1. The van der Waals surface area contributed by atoms with Crippen molar-refractivity contribution in [2.24, 2.45) is 0 Å². The Morgan fingerprint density at radius 3 is 2.76 bits per heavy atom. The van der Waals surface area contributed by atoms with Crippen molar-refractivity contribution < 1.29 is 13.2 Å². The monoisotopic (exact) mass is 310 g/mol. The summed E-state index contributed by atoms with van der Waals surface area (Å²) in [6.07, 6.45) is 2.10. The molecule has 5 nitrogen and oxygen atoms in total. The number of likely N-dealkylation sites (N-methyl/N-ethyl adjacent to an activating group) is 1. The van der Waals surface area contributed by atoms with Gasteiger partial charge in [0.1, 0.15) is 0 Å². The third-order valence-corrected chi connectivity index (χ3v) is 6.14. The molecule has 0 bridgehead atoms. The van der Waals surface area contributed by atoms with E-state index in [-0.39, 0.29) is 18.2 Å². The zero-order valence-corrected chi connectivity index (χ0v) is 13.1. The van der Waals surface area contributed by atoms with Gasteiger partial charge in [-0.05, 0) is 44.5 Å². The van der Waals surface area contributed by atoms with Crippen LogP contribution in [0.4, 0.5) is 0 Å². The average Bonchev–Trinajstić information content (AvgIpc) is 2.81. The lowest BCUT2D eigenvalue weighted by atomic mass is 10.0. The molecule has 0 radical (unpaired) electrons. The van der Waals surface area contributed by atoms with Gasteiger partial charge in [0, 0.05) is 12.1 Å². The van der Waals surface area contributed by atoms with Crippen LogP contribution >= 0.6 is 0 Å². The van der Waals surface area contributed by atoms with Gasteiger partial charge < -0.3 is 10.6 Å². The van der Waals surface area contributed by atoms with Gasteiger partial charge in [-0.3, -0.25) is 4.79 Å². The Kier molecular flexibility index (Phi) is 5.36. The number of amides is 1. The molecule has 1 aliphatic heterocycles. The van der Waals surface area contributed by atoms with E-state index in [9.17, 15) is 13.2 Å². The zero-order chi connectivity index (χ0) is 15.3. The summed E-state index contributed by atoms with van der Waals surface area (Å²) in [7, 11) is -1.15. The fourth-order valence-corrected chi connectivity index (χ4v) is 4.37. The Morgan fingerprint density at radius 2 is 2.10 bits per heavy atom. The number of nitrogens with one attached hydrogen (secondary N) is 2. The minimum absolute atomic E-state index is 0.191. The predicted molar refractivity (Wildman–Crippen MR) is 83.2 cm³/mol. The molecule has 1 fully saturated rings. The molecule has 1 atom stereocenters. The maximum Gasteiger partial charge on any atom is 0.251 e. The molecule has 2 rings (SSSR count). The SMILES string of the molecule is CNCCc1ccccc1C(=O)NCC1CCCS1(=O)=O. The van der Waals surface area contributed by atoms with Gasteiger partial charge in [-0.1, -0.05) is 18.2 Å². The van der Waals surface area contributed by atoms with Gasteiger partial charge in [-0.2, -0.15) is 0 Å². The van der Waals surface area contributed by atoms with E-state index in [2.05, 4.69) is 10.6 Å². The standard InChI is InChI=1S/C15H22N2O3S/c1-16-9-8-12-5-2-3-7-14(12)15(18)17-11-13-6-4-10-21(13,19)20/h2-3,5,7,13,16H,4,6,8-11H2,1H3,(H,17,18). The molecule has 21 heavy (non-hydrogen) atoms. The van der Waals surface area contributed by atoms with Crippen LogP contribution in [-0.4, -0.2) is 45.5 Å². The number of sulfone groups is 1. The van der Waals surface area contributed by atoms with Crippen molar-refractivity contribution in [1.82, 2.24) is 10.6 Å². The second-order valence-electron chi connectivity index (χ2n) is 5.35. The lowest BCUT2D eigenvalue weighted by Crippen LogP contribution is -2.35. The van der Waals surface area contributed by atoms with E-state index in [4.69, 9.17) is 0 Å². The largest absolute Gasteiger partial charge is 0.351 e. The van der Waals surface area contributed by atoms with Crippen LogP contribution in [0.1, 0.15) is 28.8 Å². The highest BCUT2D eigenvalue weighted by Gasteiger charge is 2.31. The van der Waals surface area contributed by atoms with E-state index in [1.807, 2.05) is 25.2 Å². The first-order chi connectivity index (χ1) is 10.0. The van der Waals surface area contributed by atoms with E-state index in [0.29, 0.717) is 18.4 Å². The summed E-state index contributed by atoms with van der Waals surface area (Å²) < 4.78 is 23.5. The number of carbonyl (C=O) groups is 1. The summed E-state index contributed by atoms with van der Waals surface area (Å²) in [5, 5.41) is 5.41. The lowest BCUT2D eigenvalue weighted by Gasteiger charge is -2.13. The molecule has 1 amide bonds. The van der Waals surface area contributed by atoms with Crippen LogP contribution in [0, 0.1) is 0 Å². The quantitative estimate of drug-likeness (QED) is 0.813. The highest BCUT2D eigenvalue weighted by atomic mass is 32.2. The van der Waals surface area contributed by atoms with Crippen LogP contribution in [0.2, 0.25) is 0 Å². The molecular weight excluding hydrogens is 288 g/mol. The molecule has 1 aliphatic rings. The van der Waals surface area contributed by atoms with Gasteiger partial charge in [-0.15, -0.1) is 0 Å². The molecule has 0 aliphatic carbocycles. The number of hydrogen-bond donors (Lipinski definition) is 2. The van der Waals surface area contributed by atoms with E-state index < -0.39 is 15.1 Å². The van der Waals surface area contributed by atoms with Gasteiger partial charge in [0.25, 0.3) is 5.91 Å².